The highest BCUT2D eigenvalue weighted by Crippen LogP contribution is 2.14. The summed E-state index contributed by atoms with van der Waals surface area (Å²) in [4.78, 5) is 5.87. The quantitative estimate of drug-likeness (QED) is 0.635. The van der Waals surface area contributed by atoms with Crippen LogP contribution in [0.5, 0.6) is 0 Å². The third kappa shape index (κ3) is 2.01. The summed E-state index contributed by atoms with van der Waals surface area (Å²) >= 11 is 0. The Morgan fingerprint density at radius 3 is 3.14 bits per heavy atom. The van der Waals surface area contributed by atoms with E-state index < -0.39 is 5.95 Å². The molecule has 1 aromatic heterocycles. The van der Waals surface area contributed by atoms with Crippen molar-refractivity contribution in [3.8, 4) is 0 Å². The smallest absolute Gasteiger partial charge is 0.214 e. The standard InChI is InChI=1S/C10H13FN2O/c1-8-7-13(5-6-14-8)10-4-2-3-9(11)12-10/h2-4,8H,5-7H2,1H3. The second-order valence-corrected chi connectivity index (χ2v) is 3.45. The summed E-state index contributed by atoms with van der Waals surface area (Å²) in [7, 11) is 0. The SMILES string of the molecule is CC1CN(c2cccc(F)n2)CCO1. The Morgan fingerprint density at radius 1 is 1.57 bits per heavy atom. The van der Waals surface area contributed by atoms with E-state index in [9.17, 15) is 4.39 Å². The molecule has 14 heavy (non-hydrogen) atoms. The highest BCUT2D eigenvalue weighted by atomic mass is 19.1. The fraction of sp³-hybridized carbons (Fsp3) is 0.500. The molecule has 0 radical (unpaired) electrons. The van der Waals surface area contributed by atoms with Gasteiger partial charge in [-0.1, -0.05) is 6.07 Å². The fourth-order valence-electron chi connectivity index (χ4n) is 1.60. The molecule has 0 aromatic carbocycles. The number of nitrogens with zero attached hydrogens (tertiary/aromatic N) is 2. The first-order valence-electron chi connectivity index (χ1n) is 4.75. The van der Waals surface area contributed by atoms with Crippen LogP contribution in [0.2, 0.25) is 0 Å². The lowest BCUT2D eigenvalue weighted by atomic mass is 10.3. The van der Waals surface area contributed by atoms with Gasteiger partial charge in [0.05, 0.1) is 12.7 Å². The van der Waals surface area contributed by atoms with E-state index in [1.165, 1.54) is 6.07 Å². The Bertz CT molecular complexity index is 319. The van der Waals surface area contributed by atoms with E-state index in [0.717, 1.165) is 13.1 Å². The third-order valence-corrected chi connectivity index (χ3v) is 2.27. The number of hydrogen-bond acceptors (Lipinski definition) is 3. The van der Waals surface area contributed by atoms with Crippen LogP contribution < -0.4 is 4.90 Å². The minimum atomic E-state index is -0.429. The average molecular weight is 196 g/mol. The van der Waals surface area contributed by atoms with Crippen molar-refractivity contribution >= 4 is 5.82 Å². The summed E-state index contributed by atoms with van der Waals surface area (Å²) in [5.74, 6) is 0.266. The Kier molecular flexibility index (Phi) is 2.63. The summed E-state index contributed by atoms with van der Waals surface area (Å²) in [5, 5.41) is 0. The van der Waals surface area contributed by atoms with Crippen molar-refractivity contribution in [2.45, 2.75) is 13.0 Å². The molecule has 0 N–H and O–H groups in total. The summed E-state index contributed by atoms with van der Waals surface area (Å²) in [6.45, 7) is 4.24. The van der Waals surface area contributed by atoms with Gasteiger partial charge < -0.3 is 9.64 Å². The molecule has 1 atom stereocenters. The number of hydrogen-bond donors (Lipinski definition) is 0. The van der Waals surface area contributed by atoms with Gasteiger partial charge in [-0.3, -0.25) is 0 Å². The van der Waals surface area contributed by atoms with Gasteiger partial charge in [0.1, 0.15) is 5.82 Å². The second-order valence-electron chi connectivity index (χ2n) is 3.45. The van der Waals surface area contributed by atoms with Crippen LogP contribution in [0, 0.1) is 5.95 Å². The molecule has 2 heterocycles. The molecule has 2 rings (SSSR count). The Labute approximate surface area is 82.5 Å². The van der Waals surface area contributed by atoms with E-state index >= 15 is 0 Å². The molecule has 1 aliphatic heterocycles. The topological polar surface area (TPSA) is 25.4 Å². The van der Waals surface area contributed by atoms with E-state index in [0.29, 0.717) is 12.4 Å². The summed E-state index contributed by atoms with van der Waals surface area (Å²) in [6.07, 6.45) is 0.189. The van der Waals surface area contributed by atoms with Crippen molar-refractivity contribution in [1.29, 1.82) is 0 Å². The molecule has 76 valence electrons. The number of rotatable bonds is 1. The van der Waals surface area contributed by atoms with Gasteiger partial charge in [0.15, 0.2) is 0 Å². The number of pyridine rings is 1. The van der Waals surface area contributed by atoms with Crippen LogP contribution in [0.4, 0.5) is 10.2 Å². The van der Waals surface area contributed by atoms with Gasteiger partial charge in [0.2, 0.25) is 5.95 Å². The van der Waals surface area contributed by atoms with Crippen LogP contribution in [-0.2, 0) is 4.74 Å². The van der Waals surface area contributed by atoms with Crippen molar-refractivity contribution in [2.24, 2.45) is 0 Å². The molecular formula is C10H13FN2O. The van der Waals surface area contributed by atoms with Gasteiger partial charge >= 0.3 is 0 Å². The molecule has 4 heteroatoms. The van der Waals surface area contributed by atoms with Crippen molar-refractivity contribution in [3.63, 3.8) is 0 Å². The largest absolute Gasteiger partial charge is 0.375 e. The first kappa shape index (κ1) is 9.40. The zero-order valence-corrected chi connectivity index (χ0v) is 8.11. The third-order valence-electron chi connectivity index (χ3n) is 2.27. The van der Waals surface area contributed by atoms with Gasteiger partial charge in [-0.15, -0.1) is 0 Å². The summed E-state index contributed by atoms with van der Waals surface area (Å²) < 4.78 is 18.2. The number of ether oxygens (including phenoxy) is 1. The fourth-order valence-corrected chi connectivity index (χ4v) is 1.60. The maximum absolute atomic E-state index is 12.9. The molecule has 0 aliphatic carbocycles. The van der Waals surface area contributed by atoms with Crippen LogP contribution in [-0.4, -0.2) is 30.8 Å². The number of morpholine rings is 1. The van der Waals surface area contributed by atoms with E-state index in [2.05, 4.69) is 4.98 Å². The molecule has 3 nitrogen and oxygen atoms in total. The van der Waals surface area contributed by atoms with Crippen LogP contribution >= 0.6 is 0 Å². The van der Waals surface area contributed by atoms with Crippen LogP contribution in [0.1, 0.15) is 6.92 Å². The molecule has 1 fully saturated rings. The normalized spacial score (nSPS) is 22.4. The first-order valence-corrected chi connectivity index (χ1v) is 4.75. The lowest BCUT2D eigenvalue weighted by molar-refractivity contribution is 0.0529. The Morgan fingerprint density at radius 2 is 2.43 bits per heavy atom. The molecule has 1 saturated heterocycles. The summed E-state index contributed by atoms with van der Waals surface area (Å²) in [5.41, 5.74) is 0. The lowest BCUT2D eigenvalue weighted by Crippen LogP contribution is -2.41. The molecule has 1 unspecified atom stereocenters. The molecule has 1 aromatic rings. The van der Waals surface area contributed by atoms with Crippen LogP contribution in [0.25, 0.3) is 0 Å². The van der Waals surface area contributed by atoms with E-state index in [4.69, 9.17) is 4.74 Å². The zero-order valence-electron chi connectivity index (χ0n) is 8.11. The minimum absolute atomic E-state index is 0.189. The van der Waals surface area contributed by atoms with Gasteiger partial charge in [-0.05, 0) is 19.1 Å². The highest BCUT2D eigenvalue weighted by Gasteiger charge is 2.17. The molecule has 0 amide bonds. The maximum atomic E-state index is 12.9. The van der Waals surface area contributed by atoms with Gasteiger partial charge in [0.25, 0.3) is 0 Å². The van der Waals surface area contributed by atoms with Gasteiger partial charge in [-0.25, -0.2) is 4.98 Å². The van der Waals surface area contributed by atoms with Crippen molar-refractivity contribution in [1.82, 2.24) is 4.98 Å². The number of aromatic nitrogens is 1. The minimum Gasteiger partial charge on any atom is -0.375 e. The van der Waals surface area contributed by atoms with Crippen LogP contribution in [0.15, 0.2) is 18.2 Å². The Balaban J connectivity index is 2.14. The van der Waals surface area contributed by atoms with Crippen molar-refractivity contribution < 1.29 is 9.13 Å². The summed E-state index contributed by atoms with van der Waals surface area (Å²) in [6, 6.07) is 4.85. The molecular weight excluding hydrogens is 183 g/mol. The van der Waals surface area contributed by atoms with Gasteiger partial charge in [-0.2, -0.15) is 4.39 Å². The van der Waals surface area contributed by atoms with Gasteiger partial charge in [0, 0.05) is 13.1 Å². The number of halogens is 1. The van der Waals surface area contributed by atoms with Crippen molar-refractivity contribution in [3.05, 3.63) is 24.1 Å². The molecule has 0 saturated carbocycles. The predicted octanol–water partition coefficient (Wildman–Crippen LogP) is 1.45. The predicted molar refractivity (Wildman–Crippen MR) is 51.8 cm³/mol. The van der Waals surface area contributed by atoms with E-state index in [-0.39, 0.29) is 6.10 Å². The highest BCUT2D eigenvalue weighted by molar-refractivity contribution is 5.38. The van der Waals surface area contributed by atoms with E-state index in [1.54, 1.807) is 6.07 Å². The maximum Gasteiger partial charge on any atom is 0.214 e. The molecule has 0 bridgehead atoms. The van der Waals surface area contributed by atoms with E-state index in [1.807, 2.05) is 17.9 Å². The monoisotopic (exact) mass is 196 g/mol. The first-order chi connectivity index (χ1) is 6.75. The average Bonchev–Trinajstić information content (AvgIpc) is 2.18. The number of anilines is 1. The van der Waals surface area contributed by atoms with Crippen LogP contribution in [0.3, 0.4) is 0 Å². The molecule has 1 aliphatic rings. The molecule has 0 spiro atoms. The lowest BCUT2D eigenvalue weighted by Gasteiger charge is -2.31. The Hall–Kier alpha value is -1.16. The zero-order chi connectivity index (χ0) is 9.97. The second kappa shape index (κ2) is 3.92. The van der Waals surface area contributed by atoms with Crippen molar-refractivity contribution in [2.75, 3.05) is 24.6 Å².